The summed E-state index contributed by atoms with van der Waals surface area (Å²) >= 11 is 1.70. The van der Waals surface area contributed by atoms with Gasteiger partial charge in [-0.15, -0.1) is 11.3 Å². The Morgan fingerprint density at radius 1 is 1.07 bits per heavy atom. The predicted molar refractivity (Wildman–Crippen MR) is 111 cm³/mol. The van der Waals surface area contributed by atoms with E-state index in [0.29, 0.717) is 24.4 Å². The van der Waals surface area contributed by atoms with Crippen LogP contribution >= 0.6 is 11.3 Å². The molecule has 0 fully saturated rings. The standard InChI is InChI=1S/C23H22N2O2S/c1-18-11-12-21(28-18)16-25(14-13-19-7-3-2-4-8-19)23(26)17-27-22-10-6-5-9-20(22)15-24/h2-12H,13-14,16-17H2,1H3. The van der Waals surface area contributed by atoms with E-state index in [4.69, 9.17) is 4.74 Å². The van der Waals surface area contributed by atoms with Gasteiger partial charge < -0.3 is 9.64 Å². The minimum Gasteiger partial charge on any atom is -0.482 e. The summed E-state index contributed by atoms with van der Waals surface area (Å²) in [7, 11) is 0. The molecule has 0 atom stereocenters. The van der Waals surface area contributed by atoms with Gasteiger partial charge in [-0.3, -0.25) is 4.79 Å². The molecule has 3 aromatic rings. The molecule has 1 amide bonds. The molecule has 0 N–H and O–H groups in total. The maximum atomic E-state index is 12.9. The van der Waals surface area contributed by atoms with Crippen molar-refractivity contribution in [3.8, 4) is 11.8 Å². The zero-order valence-corrected chi connectivity index (χ0v) is 16.6. The summed E-state index contributed by atoms with van der Waals surface area (Å²) < 4.78 is 5.66. The summed E-state index contributed by atoms with van der Waals surface area (Å²) in [6.07, 6.45) is 0.783. The zero-order valence-electron chi connectivity index (χ0n) is 15.8. The van der Waals surface area contributed by atoms with Gasteiger partial charge >= 0.3 is 0 Å². The number of carbonyl (C=O) groups is 1. The molecule has 1 aromatic heterocycles. The number of para-hydroxylation sites is 1. The molecule has 4 nitrogen and oxygen atoms in total. The third-order valence-corrected chi connectivity index (χ3v) is 5.35. The lowest BCUT2D eigenvalue weighted by molar-refractivity contribution is -0.133. The fourth-order valence-electron chi connectivity index (χ4n) is 2.87. The molecular weight excluding hydrogens is 368 g/mol. The maximum Gasteiger partial charge on any atom is 0.260 e. The van der Waals surface area contributed by atoms with Gasteiger partial charge in [0.15, 0.2) is 6.61 Å². The Balaban J connectivity index is 1.67. The van der Waals surface area contributed by atoms with Crippen molar-refractivity contribution in [3.63, 3.8) is 0 Å². The minimum absolute atomic E-state index is 0.0855. The van der Waals surface area contributed by atoms with Crippen LogP contribution in [0.1, 0.15) is 20.9 Å². The molecule has 0 unspecified atom stereocenters. The highest BCUT2D eigenvalue weighted by Gasteiger charge is 2.16. The molecule has 2 aromatic carbocycles. The predicted octanol–water partition coefficient (Wildman–Crippen LogP) is 4.58. The van der Waals surface area contributed by atoms with Crippen molar-refractivity contribution in [1.82, 2.24) is 4.90 Å². The van der Waals surface area contributed by atoms with E-state index in [1.807, 2.05) is 23.1 Å². The van der Waals surface area contributed by atoms with Crippen molar-refractivity contribution in [2.24, 2.45) is 0 Å². The SMILES string of the molecule is Cc1ccc(CN(CCc2ccccc2)C(=O)COc2ccccc2C#N)s1. The van der Waals surface area contributed by atoms with Crippen molar-refractivity contribution in [2.45, 2.75) is 19.9 Å². The molecule has 0 aliphatic carbocycles. The molecule has 142 valence electrons. The number of nitriles is 1. The molecule has 3 rings (SSSR count). The molecule has 0 bridgehead atoms. The number of ether oxygens (including phenoxy) is 1. The number of aryl methyl sites for hydroxylation is 1. The summed E-state index contributed by atoms with van der Waals surface area (Å²) in [6, 6.07) is 23.3. The van der Waals surface area contributed by atoms with Crippen molar-refractivity contribution < 1.29 is 9.53 Å². The van der Waals surface area contributed by atoms with E-state index in [1.54, 1.807) is 35.6 Å². The smallest absolute Gasteiger partial charge is 0.260 e. The van der Waals surface area contributed by atoms with Gasteiger partial charge in [-0.2, -0.15) is 5.26 Å². The second-order valence-electron chi connectivity index (χ2n) is 6.46. The average molecular weight is 391 g/mol. The topological polar surface area (TPSA) is 53.3 Å². The molecule has 0 aliphatic rings. The van der Waals surface area contributed by atoms with Crippen LogP contribution in [0.5, 0.6) is 5.75 Å². The largest absolute Gasteiger partial charge is 0.482 e. The number of nitrogens with zero attached hydrogens (tertiary/aromatic N) is 2. The second-order valence-corrected chi connectivity index (χ2v) is 7.83. The first-order valence-electron chi connectivity index (χ1n) is 9.14. The van der Waals surface area contributed by atoms with Gasteiger partial charge in [0.05, 0.1) is 12.1 Å². The number of amides is 1. The highest BCUT2D eigenvalue weighted by Crippen LogP contribution is 2.19. The highest BCUT2D eigenvalue weighted by molar-refractivity contribution is 7.11. The summed E-state index contributed by atoms with van der Waals surface area (Å²) in [5.74, 6) is 0.350. The molecule has 0 saturated heterocycles. The molecule has 28 heavy (non-hydrogen) atoms. The van der Waals surface area contributed by atoms with Crippen molar-refractivity contribution >= 4 is 17.2 Å². The quantitative estimate of drug-likeness (QED) is 0.566. The number of benzene rings is 2. The zero-order chi connectivity index (χ0) is 19.8. The maximum absolute atomic E-state index is 12.9. The van der Waals surface area contributed by atoms with E-state index in [1.165, 1.54) is 10.4 Å². The fourth-order valence-corrected chi connectivity index (χ4v) is 3.78. The average Bonchev–Trinajstić information content (AvgIpc) is 3.15. The van der Waals surface area contributed by atoms with Crippen LogP contribution in [0, 0.1) is 18.3 Å². The van der Waals surface area contributed by atoms with Gasteiger partial charge in [-0.25, -0.2) is 0 Å². The van der Waals surface area contributed by atoms with E-state index in [-0.39, 0.29) is 12.5 Å². The van der Waals surface area contributed by atoms with Crippen LogP contribution in [0.3, 0.4) is 0 Å². The lowest BCUT2D eigenvalue weighted by Gasteiger charge is -2.22. The summed E-state index contributed by atoms with van der Waals surface area (Å²) in [5, 5.41) is 9.18. The number of thiophene rings is 1. The first kappa shape index (κ1) is 19.7. The van der Waals surface area contributed by atoms with Crippen molar-refractivity contribution in [1.29, 1.82) is 5.26 Å². The van der Waals surface area contributed by atoms with Gasteiger partial charge in [0.1, 0.15) is 11.8 Å². The van der Waals surface area contributed by atoms with Crippen LogP contribution in [-0.4, -0.2) is 24.0 Å². The summed E-state index contributed by atoms with van der Waals surface area (Å²) in [6.45, 7) is 3.15. The van der Waals surface area contributed by atoms with E-state index in [0.717, 1.165) is 11.3 Å². The highest BCUT2D eigenvalue weighted by atomic mass is 32.1. The molecule has 5 heteroatoms. The van der Waals surface area contributed by atoms with Crippen LogP contribution in [0.25, 0.3) is 0 Å². The van der Waals surface area contributed by atoms with Gasteiger partial charge in [0, 0.05) is 16.3 Å². The third-order valence-electron chi connectivity index (χ3n) is 4.37. The molecule has 0 aliphatic heterocycles. The lowest BCUT2D eigenvalue weighted by Crippen LogP contribution is -2.36. The normalized spacial score (nSPS) is 10.3. The lowest BCUT2D eigenvalue weighted by atomic mass is 10.1. The van der Waals surface area contributed by atoms with Crippen LogP contribution in [0.2, 0.25) is 0 Å². The van der Waals surface area contributed by atoms with Gasteiger partial charge in [0.25, 0.3) is 5.91 Å². The van der Waals surface area contributed by atoms with E-state index in [2.05, 4.69) is 37.3 Å². The Hall–Kier alpha value is -3.10. The van der Waals surface area contributed by atoms with Crippen LogP contribution in [-0.2, 0) is 17.8 Å². The number of hydrogen-bond acceptors (Lipinski definition) is 4. The van der Waals surface area contributed by atoms with E-state index in [9.17, 15) is 10.1 Å². The Bertz CT molecular complexity index is 960. The fraction of sp³-hybridized carbons (Fsp3) is 0.217. The Morgan fingerprint density at radius 2 is 1.82 bits per heavy atom. The molecule has 1 heterocycles. The molecule has 0 saturated carbocycles. The molecule has 0 radical (unpaired) electrons. The number of hydrogen-bond donors (Lipinski definition) is 0. The minimum atomic E-state index is -0.0882. The van der Waals surface area contributed by atoms with E-state index >= 15 is 0 Å². The van der Waals surface area contributed by atoms with Crippen LogP contribution < -0.4 is 4.74 Å². The third kappa shape index (κ3) is 5.45. The monoisotopic (exact) mass is 390 g/mol. The summed E-state index contributed by atoms with van der Waals surface area (Å²) in [5.41, 5.74) is 1.62. The first-order valence-corrected chi connectivity index (χ1v) is 9.96. The second kappa shape index (κ2) is 9.72. The Kier molecular flexibility index (Phi) is 6.83. The van der Waals surface area contributed by atoms with Gasteiger partial charge in [-0.05, 0) is 43.2 Å². The Morgan fingerprint density at radius 3 is 2.54 bits per heavy atom. The van der Waals surface area contributed by atoms with Crippen molar-refractivity contribution in [2.75, 3.05) is 13.2 Å². The Labute approximate surface area is 169 Å². The molecule has 0 spiro atoms. The van der Waals surface area contributed by atoms with Crippen LogP contribution in [0.15, 0.2) is 66.7 Å². The van der Waals surface area contributed by atoms with Crippen LogP contribution in [0.4, 0.5) is 0 Å². The summed E-state index contributed by atoms with van der Waals surface area (Å²) in [4.78, 5) is 17.1. The number of carbonyl (C=O) groups excluding carboxylic acids is 1. The van der Waals surface area contributed by atoms with Crippen molar-refractivity contribution in [3.05, 3.63) is 87.6 Å². The van der Waals surface area contributed by atoms with Gasteiger partial charge in [0.2, 0.25) is 0 Å². The van der Waals surface area contributed by atoms with E-state index < -0.39 is 0 Å². The number of rotatable bonds is 8. The first-order chi connectivity index (χ1) is 13.7. The molecular formula is C23H22N2O2S. The van der Waals surface area contributed by atoms with Gasteiger partial charge in [-0.1, -0.05) is 42.5 Å².